The van der Waals surface area contributed by atoms with Gasteiger partial charge in [-0.1, -0.05) is 0 Å². The average molecular weight is 301 g/mol. The van der Waals surface area contributed by atoms with E-state index in [-0.39, 0.29) is 30.6 Å². The van der Waals surface area contributed by atoms with Crippen LogP contribution in [0.25, 0.3) is 0 Å². The van der Waals surface area contributed by atoms with Gasteiger partial charge in [-0.2, -0.15) is 4.31 Å². The van der Waals surface area contributed by atoms with E-state index in [1.807, 2.05) is 0 Å². The highest BCUT2D eigenvalue weighted by atomic mass is 32.2. The van der Waals surface area contributed by atoms with E-state index in [9.17, 15) is 27.5 Å². The zero-order chi connectivity index (χ0) is 15.0. The molecule has 1 aliphatic rings. The third-order valence-corrected chi connectivity index (χ3v) is 5.29. The van der Waals surface area contributed by atoms with Crippen molar-refractivity contribution in [3.05, 3.63) is 30.1 Å². The van der Waals surface area contributed by atoms with Crippen LogP contribution in [0.5, 0.6) is 0 Å². The van der Waals surface area contributed by atoms with E-state index in [0.29, 0.717) is 4.31 Å². The Hall–Kier alpha value is -1.80. The maximum atomic E-state index is 12.8. The molecule has 0 aromatic heterocycles. The lowest BCUT2D eigenvalue weighted by atomic mass is 10.0. The molecule has 1 fully saturated rings. The van der Waals surface area contributed by atoms with Crippen molar-refractivity contribution in [1.29, 1.82) is 0 Å². The fraction of sp³-hybridized carbons (Fsp3) is 0.333. The highest BCUT2D eigenvalue weighted by molar-refractivity contribution is 7.89. The molecule has 20 heavy (non-hydrogen) atoms. The van der Waals surface area contributed by atoms with E-state index in [2.05, 4.69) is 0 Å². The summed E-state index contributed by atoms with van der Waals surface area (Å²) in [5.41, 5.74) is -2.08. The molecule has 1 saturated heterocycles. The van der Waals surface area contributed by atoms with Crippen molar-refractivity contribution in [2.24, 2.45) is 0 Å². The molecule has 1 aromatic carbocycles. The van der Waals surface area contributed by atoms with Crippen LogP contribution in [0.15, 0.2) is 29.2 Å². The number of hydrogen-bond donors (Lipinski definition) is 1. The molecule has 1 aliphatic heterocycles. The lowest BCUT2D eigenvalue weighted by molar-refractivity contribution is -0.149. The Morgan fingerprint density at radius 3 is 2.45 bits per heavy atom. The van der Waals surface area contributed by atoms with E-state index in [4.69, 9.17) is 0 Å². The molecule has 1 atom stereocenters. The highest BCUT2D eigenvalue weighted by Gasteiger charge is 2.53. The number of aldehydes is 1. The summed E-state index contributed by atoms with van der Waals surface area (Å²) in [6.07, 6.45) is 0.334. The van der Waals surface area contributed by atoms with Gasteiger partial charge in [0.2, 0.25) is 10.0 Å². The van der Waals surface area contributed by atoms with E-state index in [0.717, 1.165) is 24.3 Å². The Kier molecular flexibility index (Phi) is 3.61. The number of carbonyl (C=O) groups is 2. The number of halogens is 1. The summed E-state index contributed by atoms with van der Waals surface area (Å²) in [5.74, 6) is -2.11. The molecule has 0 spiro atoms. The number of aliphatic carboxylic acids is 1. The normalized spacial score (nSPS) is 23.6. The maximum Gasteiger partial charge on any atom is 0.332 e. The molecule has 8 heteroatoms. The number of sulfonamides is 1. The minimum atomic E-state index is -4.17. The SMILES string of the molecule is O=CC1(C(=O)O)CCCN1S(=O)(=O)c1ccc(F)cc1. The van der Waals surface area contributed by atoms with Gasteiger partial charge >= 0.3 is 5.97 Å². The van der Waals surface area contributed by atoms with Crippen molar-refractivity contribution in [1.82, 2.24) is 4.31 Å². The van der Waals surface area contributed by atoms with Gasteiger partial charge in [-0.25, -0.2) is 17.6 Å². The van der Waals surface area contributed by atoms with Crippen LogP contribution in [-0.2, 0) is 19.6 Å². The smallest absolute Gasteiger partial charge is 0.332 e. The van der Waals surface area contributed by atoms with Crippen LogP contribution >= 0.6 is 0 Å². The number of carbonyl (C=O) groups excluding carboxylic acids is 1. The first-order valence-corrected chi connectivity index (χ1v) is 7.27. The first kappa shape index (κ1) is 14.6. The standard InChI is InChI=1S/C12H12FNO5S/c13-9-2-4-10(5-3-9)20(18,19)14-7-1-6-12(14,8-15)11(16)17/h2-5,8H,1,6-7H2,(H,16,17). The summed E-state index contributed by atoms with van der Waals surface area (Å²) in [5, 5.41) is 9.19. The maximum absolute atomic E-state index is 12.8. The van der Waals surface area contributed by atoms with Crippen molar-refractivity contribution >= 4 is 22.3 Å². The number of carboxylic acids is 1. The summed E-state index contributed by atoms with van der Waals surface area (Å²) >= 11 is 0. The summed E-state index contributed by atoms with van der Waals surface area (Å²) < 4.78 is 38.3. The second kappa shape index (κ2) is 4.95. The molecule has 0 amide bonds. The van der Waals surface area contributed by atoms with E-state index in [1.165, 1.54) is 0 Å². The van der Waals surface area contributed by atoms with E-state index >= 15 is 0 Å². The summed E-state index contributed by atoms with van der Waals surface area (Å²) in [6.45, 7) is -0.0647. The van der Waals surface area contributed by atoms with Crippen molar-refractivity contribution in [3.8, 4) is 0 Å². The van der Waals surface area contributed by atoms with Crippen LogP contribution in [0, 0.1) is 5.82 Å². The van der Waals surface area contributed by atoms with Gasteiger partial charge in [-0.15, -0.1) is 0 Å². The van der Waals surface area contributed by atoms with Gasteiger partial charge in [0.25, 0.3) is 0 Å². The predicted molar refractivity (Wildman–Crippen MR) is 66.0 cm³/mol. The zero-order valence-corrected chi connectivity index (χ0v) is 11.1. The Bertz CT molecular complexity index is 642. The summed E-state index contributed by atoms with van der Waals surface area (Å²) in [4.78, 5) is 22.2. The van der Waals surface area contributed by atoms with Gasteiger partial charge < -0.3 is 9.90 Å². The van der Waals surface area contributed by atoms with Crippen LogP contribution in [0.1, 0.15) is 12.8 Å². The molecule has 1 N–H and O–H groups in total. The number of carboxylic acid groups (broad SMARTS) is 1. The van der Waals surface area contributed by atoms with Gasteiger partial charge in [0.1, 0.15) is 5.82 Å². The summed E-state index contributed by atoms with van der Waals surface area (Å²) in [7, 11) is -4.17. The fourth-order valence-electron chi connectivity index (χ4n) is 2.27. The summed E-state index contributed by atoms with van der Waals surface area (Å²) in [6, 6.07) is 4.01. The molecule has 6 nitrogen and oxygen atoms in total. The third-order valence-electron chi connectivity index (χ3n) is 3.33. The number of benzene rings is 1. The average Bonchev–Trinajstić information content (AvgIpc) is 2.85. The first-order chi connectivity index (χ1) is 9.34. The monoisotopic (exact) mass is 301 g/mol. The molecule has 1 heterocycles. The van der Waals surface area contributed by atoms with Crippen molar-refractivity contribution in [3.63, 3.8) is 0 Å². The first-order valence-electron chi connectivity index (χ1n) is 5.83. The Morgan fingerprint density at radius 2 is 1.95 bits per heavy atom. The van der Waals surface area contributed by atoms with Gasteiger partial charge in [-0.05, 0) is 37.1 Å². The zero-order valence-electron chi connectivity index (χ0n) is 10.3. The van der Waals surface area contributed by atoms with Crippen LogP contribution in [0.4, 0.5) is 4.39 Å². The molecule has 0 radical (unpaired) electrons. The Labute approximate surface area is 114 Å². The largest absolute Gasteiger partial charge is 0.480 e. The van der Waals surface area contributed by atoms with Crippen molar-refractivity contribution in [2.75, 3.05) is 6.54 Å². The highest BCUT2D eigenvalue weighted by Crippen LogP contribution is 2.33. The number of nitrogens with zero attached hydrogens (tertiary/aromatic N) is 1. The molecule has 2 rings (SSSR count). The molecule has 1 unspecified atom stereocenters. The molecule has 108 valence electrons. The molecule has 0 bridgehead atoms. The minimum absolute atomic E-state index is 0.0647. The van der Waals surface area contributed by atoms with E-state index in [1.54, 1.807) is 0 Å². The lowest BCUT2D eigenvalue weighted by Crippen LogP contribution is -2.54. The van der Waals surface area contributed by atoms with Gasteiger partial charge in [0, 0.05) is 6.54 Å². The van der Waals surface area contributed by atoms with Crippen LogP contribution in [0.2, 0.25) is 0 Å². The lowest BCUT2D eigenvalue weighted by Gasteiger charge is -2.28. The number of rotatable bonds is 4. The quantitative estimate of drug-likeness (QED) is 0.650. The van der Waals surface area contributed by atoms with Gasteiger partial charge in [-0.3, -0.25) is 0 Å². The molecule has 1 aromatic rings. The van der Waals surface area contributed by atoms with Crippen LogP contribution < -0.4 is 0 Å². The predicted octanol–water partition coefficient (Wildman–Crippen LogP) is 0.632. The fourth-order valence-corrected chi connectivity index (χ4v) is 4.01. The van der Waals surface area contributed by atoms with Gasteiger partial charge in [0.05, 0.1) is 4.90 Å². The third kappa shape index (κ3) is 2.10. The number of hydrogen-bond acceptors (Lipinski definition) is 4. The van der Waals surface area contributed by atoms with E-state index < -0.39 is 27.3 Å². The topological polar surface area (TPSA) is 91.8 Å². The van der Waals surface area contributed by atoms with Crippen LogP contribution in [0.3, 0.4) is 0 Å². The van der Waals surface area contributed by atoms with Crippen molar-refractivity contribution < 1.29 is 27.5 Å². The molecule has 0 saturated carbocycles. The minimum Gasteiger partial charge on any atom is -0.480 e. The van der Waals surface area contributed by atoms with Gasteiger partial charge in [0.15, 0.2) is 11.8 Å². The Balaban J connectivity index is 2.51. The van der Waals surface area contributed by atoms with Crippen LogP contribution in [-0.4, -0.2) is 42.2 Å². The Morgan fingerprint density at radius 1 is 1.35 bits per heavy atom. The molecular formula is C12H12FNO5S. The molecule has 0 aliphatic carbocycles. The second-order valence-corrected chi connectivity index (χ2v) is 6.34. The second-order valence-electron chi connectivity index (χ2n) is 4.48. The molecular weight excluding hydrogens is 289 g/mol. The van der Waals surface area contributed by atoms with Crippen molar-refractivity contribution in [2.45, 2.75) is 23.3 Å².